The highest BCUT2D eigenvalue weighted by molar-refractivity contribution is 5.73. The lowest BCUT2D eigenvalue weighted by molar-refractivity contribution is -0.144. The lowest BCUT2D eigenvalue weighted by Gasteiger charge is -2.34. The molecule has 2 aliphatic heterocycles. The van der Waals surface area contributed by atoms with E-state index in [1.807, 2.05) is 24.3 Å². The molecule has 0 spiro atoms. The number of pyridine rings is 1. The second kappa shape index (κ2) is 10.5. The van der Waals surface area contributed by atoms with Crippen LogP contribution in [0, 0.1) is 17.7 Å². The van der Waals surface area contributed by atoms with Gasteiger partial charge in [0.15, 0.2) is 0 Å². The smallest absolute Gasteiger partial charge is 0.320 e. The number of rotatable bonds is 8. The van der Waals surface area contributed by atoms with Crippen LogP contribution in [0.15, 0.2) is 54.9 Å². The zero-order chi connectivity index (χ0) is 25.4. The standard InChI is InChI=1S/C30H37FN4O2/c31-25-8-4-7-23(16-25)26-19-35(28(30(36)37)15-21-5-3-6-21)18-24(26)17-33-13-10-22(11-14-33)27-20-34-12-2-1-9-29(34)32-27/h1-2,4,7-9,12,16,20-22,24,26,28H,3,5-6,10-11,13-15,17-19H2,(H,36,37)/t24?,26-,28-/m1/s1. The molecule has 37 heavy (non-hydrogen) atoms. The van der Waals surface area contributed by atoms with E-state index >= 15 is 0 Å². The number of fused-ring (bicyclic) bond motifs is 1. The SMILES string of the molecule is O=C(O)[C@@H](CC1CCC1)N1CC(CN2CCC(c3cn4ccccc4n3)CC2)[C@@H](c2cccc(F)c2)C1. The summed E-state index contributed by atoms with van der Waals surface area (Å²) in [5, 5.41) is 10.1. The van der Waals surface area contributed by atoms with E-state index < -0.39 is 12.0 Å². The minimum absolute atomic E-state index is 0.148. The highest BCUT2D eigenvalue weighted by Crippen LogP contribution is 2.39. The maximum Gasteiger partial charge on any atom is 0.320 e. The van der Waals surface area contributed by atoms with Crippen molar-refractivity contribution in [3.8, 4) is 0 Å². The summed E-state index contributed by atoms with van der Waals surface area (Å²) in [5.41, 5.74) is 3.18. The molecule has 0 radical (unpaired) electrons. The minimum atomic E-state index is -0.709. The van der Waals surface area contributed by atoms with Gasteiger partial charge in [-0.15, -0.1) is 0 Å². The molecule has 1 aliphatic carbocycles. The van der Waals surface area contributed by atoms with E-state index in [2.05, 4.69) is 26.6 Å². The number of benzene rings is 1. The number of carbonyl (C=O) groups is 1. The second-order valence-electron chi connectivity index (χ2n) is 11.5. The van der Waals surface area contributed by atoms with Crippen LogP contribution in [0.2, 0.25) is 0 Å². The summed E-state index contributed by atoms with van der Waals surface area (Å²) in [7, 11) is 0. The summed E-state index contributed by atoms with van der Waals surface area (Å²) in [4.78, 5) is 21.8. The maximum atomic E-state index is 14.2. The fourth-order valence-electron chi connectivity index (χ4n) is 6.80. The van der Waals surface area contributed by atoms with Gasteiger partial charge in [-0.25, -0.2) is 9.37 Å². The van der Waals surface area contributed by atoms with E-state index in [-0.39, 0.29) is 17.7 Å². The van der Waals surface area contributed by atoms with Crippen LogP contribution in [0.25, 0.3) is 5.65 Å². The van der Waals surface area contributed by atoms with Gasteiger partial charge >= 0.3 is 5.97 Å². The number of hydrogen-bond donors (Lipinski definition) is 1. The molecule has 6 nitrogen and oxygen atoms in total. The average Bonchev–Trinajstić information content (AvgIpc) is 3.48. The Labute approximate surface area is 218 Å². The first-order valence-corrected chi connectivity index (χ1v) is 13.9. The van der Waals surface area contributed by atoms with Crippen LogP contribution < -0.4 is 0 Å². The fraction of sp³-hybridized carbons (Fsp3) is 0.533. The average molecular weight is 505 g/mol. The molecule has 2 aromatic heterocycles. The third-order valence-corrected chi connectivity index (χ3v) is 9.13. The van der Waals surface area contributed by atoms with Gasteiger partial charge in [0.25, 0.3) is 0 Å². The number of carboxylic acid groups (broad SMARTS) is 1. The van der Waals surface area contributed by atoms with Gasteiger partial charge < -0.3 is 14.4 Å². The van der Waals surface area contributed by atoms with Gasteiger partial charge in [-0.1, -0.05) is 37.5 Å². The Balaban J connectivity index is 1.14. The molecule has 1 aromatic carbocycles. The second-order valence-corrected chi connectivity index (χ2v) is 11.5. The normalized spacial score (nSPS) is 24.9. The number of hydrogen-bond acceptors (Lipinski definition) is 4. The van der Waals surface area contributed by atoms with E-state index in [1.54, 1.807) is 12.1 Å². The number of halogens is 1. The van der Waals surface area contributed by atoms with Gasteiger partial charge in [0.05, 0.1) is 5.69 Å². The van der Waals surface area contributed by atoms with E-state index in [1.165, 1.54) is 18.2 Å². The van der Waals surface area contributed by atoms with E-state index in [4.69, 9.17) is 4.98 Å². The quantitative estimate of drug-likeness (QED) is 0.467. The van der Waals surface area contributed by atoms with Crippen molar-refractivity contribution in [3.05, 3.63) is 71.9 Å². The number of aliphatic carboxylic acids is 1. The Hall–Kier alpha value is -2.77. The summed E-state index contributed by atoms with van der Waals surface area (Å²) >= 11 is 0. The summed E-state index contributed by atoms with van der Waals surface area (Å²) in [6, 6.07) is 12.6. The van der Waals surface area contributed by atoms with E-state index in [9.17, 15) is 14.3 Å². The van der Waals surface area contributed by atoms with Crippen LogP contribution in [0.4, 0.5) is 4.39 Å². The van der Waals surface area contributed by atoms with Crippen molar-refractivity contribution < 1.29 is 14.3 Å². The number of nitrogens with zero attached hydrogens (tertiary/aromatic N) is 4. The Morgan fingerprint density at radius 3 is 2.62 bits per heavy atom. The third-order valence-electron chi connectivity index (χ3n) is 9.13. The van der Waals surface area contributed by atoms with Crippen molar-refractivity contribution in [1.29, 1.82) is 0 Å². The van der Waals surface area contributed by atoms with Crippen molar-refractivity contribution in [2.24, 2.45) is 11.8 Å². The van der Waals surface area contributed by atoms with Crippen molar-refractivity contribution >= 4 is 11.6 Å². The van der Waals surface area contributed by atoms with Crippen LogP contribution in [0.1, 0.15) is 61.6 Å². The summed E-state index contributed by atoms with van der Waals surface area (Å²) in [6.45, 7) is 4.39. The van der Waals surface area contributed by atoms with Crippen LogP contribution in [-0.4, -0.2) is 69.0 Å². The molecular formula is C30H37FN4O2. The van der Waals surface area contributed by atoms with Gasteiger partial charge in [0.2, 0.25) is 0 Å². The van der Waals surface area contributed by atoms with Gasteiger partial charge in [0.1, 0.15) is 17.5 Å². The molecule has 0 bridgehead atoms. The number of likely N-dealkylation sites (tertiary alicyclic amines) is 2. The van der Waals surface area contributed by atoms with Gasteiger partial charge in [0, 0.05) is 43.9 Å². The van der Waals surface area contributed by atoms with Crippen molar-refractivity contribution in [2.75, 3.05) is 32.7 Å². The molecule has 3 atom stereocenters. The zero-order valence-electron chi connectivity index (χ0n) is 21.4. The molecule has 3 fully saturated rings. The molecule has 2 saturated heterocycles. The Morgan fingerprint density at radius 1 is 1.08 bits per heavy atom. The van der Waals surface area contributed by atoms with E-state index in [0.29, 0.717) is 18.4 Å². The monoisotopic (exact) mass is 504 g/mol. The largest absolute Gasteiger partial charge is 0.480 e. The van der Waals surface area contributed by atoms with Crippen LogP contribution in [0.3, 0.4) is 0 Å². The zero-order valence-corrected chi connectivity index (χ0v) is 21.4. The van der Waals surface area contributed by atoms with Crippen molar-refractivity contribution in [1.82, 2.24) is 19.2 Å². The molecule has 1 unspecified atom stereocenters. The van der Waals surface area contributed by atoms with E-state index in [0.717, 1.165) is 69.5 Å². The molecule has 4 heterocycles. The molecule has 1 N–H and O–H groups in total. The molecule has 3 aliphatic rings. The van der Waals surface area contributed by atoms with Gasteiger partial charge in [-0.3, -0.25) is 9.69 Å². The molecule has 6 rings (SSSR count). The van der Waals surface area contributed by atoms with Crippen molar-refractivity contribution in [3.63, 3.8) is 0 Å². The number of carboxylic acids is 1. The molecule has 7 heteroatoms. The maximum absolute atomic E-state index is 14.2. The lowest BCUT2D eigenvalue weighted by Crippen LogP contribution is -2.43. The highest BCUT2D eigenvalue weighted by atomic mass is 19.1. The topological polar surface area (TPSA) is 61.1 Å². The lowest BCUT2D eigenvalue weighted by atomic mass is 9.80. The molecule has 0 amide bonds. The highest BCUT2D eigenvalue weighted by Gasteiger charge is 2.41. The number of aromatic nitrogens is 2. The first-order chi connectivity index (χ1) is 18.0. The molecular weight excluding hydrogens is 467 g/mol. The van der Waals surface area contributed by atoms with Crippen molar-refractivity contribution in [2.45, 2.75) is 56.4 Å². The summed E-state index contributed by atoms with van der Waals surface area (Å²) in [5.74, 6) is 0.512. The Morgan fingerprint density at radius 2 is 1.92 bits per heavy atom. The molecule has 3 aromatic rings. The van der Waals surface area contributed by atoms with Crippen LogP contribution in [-0.2, 0) is 4.79 Å². The third kappa shape index (κ3) is 5.30. The Bertz CT molecular complexity index is 1200. The fourth-order valence-corrected chi connectivity index (χ4v) is 6.80. The first kappa shape index (κ1) is 24.6. The van der Waals surface area contributed by atoms with Gasteiger partial charge in [-0.2, -0.15) is 0 Å². The number of imidazole rings is 1. The number of piperidine rings is 1. The molecule has 1 saturated carbocycles. The molecule has 196 valence electrons. The van der Waals surface area contributed by atoms with Crippen LogP contribution >= 0.6 is 0 Å². The predicted molar refractivity (Wildman–Crippen MR) is 141 cm³/mol. The summed E-state index contributed by atoms with van der Waals surface area (Å²) < 4.78 is 16.3. The van der Waals surface area contributed by atoms with Crippen LogP contribution in [0.5, 0.6) is 0 Å². The summed E-state index contributed by atoms with van der Waals surface area (Å²) in [6.07, 6.45) is 10.6. The Kier molecular flexibility index (Phi) is 7.00. The van der Waals surface area contributed by atoms with Gasteiger partial charge in [-0.05, 0) is 74.0 Å². The minimum Gasteiger partial charge on any atom is -0.480 e. The first-order valence-electron chi connectivity index (χ1n) is 13.9. The predicted octanol–water partition coefficient (Wildman–Crippen LogP) is 5.01.